The van der Waals surface area contributed by atoms with Crippen molar-refractivity contribution in [1.29, 1.82) is 0 Å². The molecular formula is C21H21N3O4S. The first-order valence-electron chi connectivity index (χ1n) is 9.29. The number of allylic oxidation sites excluding steroid dienone is 2. The van der Waals surface area contributed by atoms with Crippen LogP contribution < -0.4 is 0 Å². The Labute approximate surface area is 169 Å². The number of fused-ring (bicyclic) bond motifs is 1. The summed E-state index contributed by atoms with van der Waals surface area (Å²) in [5.74, 6) is -0.167. The molecule has 29 heavy (non-hydrogen) atoms. The van der Waals surface area contributed by atoms with E-state index in [0.717, 1.165) is 11.8 Å². The first-order valence-corrected chi connectivity index (χ1v) is 11.2. The van der Waals surface area contributed by atoms with Crippen molar-refractivity contribution in [3.05, 3.63) is 65.9 Å². The van der Waals surface area contributed by atoms with Crippen molar-refractivity contribution in [2.24, 2.45) is 0 Å². The number of carbonyl (C=O) groups excluding carboxylic acids is 1. The Morgan fingerprint density at radius 3 is 2.76 bits per heavy atom. The van der Waals surface area contributed by atoms with Crippen molar-refractivity contribution >= 4 is 15.7 Å². The predicted octanol–water partition coefficient (Wildman–Crippen LogP) is 2.14. The SMILES string of the molecule is CC[C@]1(N2Cc3ccc(-c4ccnc(S(C)(=O)=O)n4)cc3C2=O)C=CC=CC1O. The molecule has 1 unspecified atom stereocenters. The van der Waals surface area contributed by atoms with Crippen LogP contribution in [-0.2, 0) is 16.4 Å². The highest BCUT2D eigenvalue weighted by Crippen LogP contribution is 2.37. The number of hydrogen-bond donors (Lipinski definition) is 1. The van der Waals surface area contributed by atoms with E-state index in [4.69, 9.17) is 0 Å². The molecule has 8 heteroatoms. The Bertz CT molecular complexity index is 1160. The molecular weight excluding hydrogens is 390 g/mol. The van der Waals surface area contributed by atoms with Crippen molar-refractivity contribution in [2.45, 2.75) is 36.7 Å². The molecule has 0 spiro atoms. The van der Waals surface area contributed by atoms with Crippen molar-refractivity contribution in [3.8, 4) is 11.3 Å². The molecule has 0 fully saturated rings. The van der Waals surface area contributed by atoms with Gasteiger partial charge in [0, 0.05) is 30.1 Å². The largest absolute Gasteiger partial charge is 0.386 e. The van der Waals surface area contributed by atoms with Crippen LogP contribution in [0.3, 0.4) is 0 Å². The highest BCUT2D eigenvalue weighted by Gasteiger charge is 2.45. The third kappa shape index (κ3) is 3.18. The van der Waals surface area contributed by atoms with Crippen LogP contribution in [0.25, 0.3) is 11.3 Å². The second-order valence-electron chi connectivity index (χ2n) is 7.29. The average Bonchev–Trinajstić information content (AvgIpc) is 3.04. The van der Waals surface area contributed by atoms with Crippen LogP contribution in [0.15, 0.2) is 59.9 Å². The van der Waals surface area contributed by atoms with Gasteiger partial charge in [0.15, 0.2) is 0 Å². The zero-order valence-electron chi connectivity index (χ0n) is 16.1. The highest BCUT2D eigenvalue weighted by atomic mass is 32.2. The summed E-state index contributed by atoms with van der Waals surface area (Å²) >= 11 is 0. The summed E-state index contributed by atoms with van der Waals surface area (Å²) in [5.41, 5.74) is 1.67. The van der Waals surface area contributed by atoms with Gasteiger partial charge >= 0.3 is 0 Å². The normalized spacial score (nSPS) is 23.5. The third-order valence-corrected chi connectivity index (χ3v) is 6.41. The van der Waals surface area contributed by atoms with Gasteiger partial charge in [0.05, 0.1) is 17.3 Å². The summed E-state index contributed by atoms with van der Waals surface area (Å²) in [5, 5.41) is 10.4. The lowest BCUT2D eigenvalue weighted by Gasteiger charge is -2.42. The van der Waals surface area contributed by atoms with Gasteiger partial charge < -0.3 is 10.0 Å². The summed E-state index contributed by atoms with van der Waals surface area (Å²) in [4.78, 5) is 22.9. The van der Waals surface area contributed by atoms with Gasteiger partial charge in [-0.3, -0.25) is 4.79 Å². The van der Waals surface area contributed by atoms with Gasteiger partial charge in [-0.15, -0.1) is 0 Å². The molecule has 1 amide bonds. The third-order valence-electron chi connectivity index (χ3n) is 5.55. The minimum atomic E-state index is -3.54. The summed E-state index contributed by atoms with van der Waals surface area (Å²) in [6.07, 6.45) is 9.44. The van der Waals surface area contributed by atoms with E-state index in [9.17, 15) is 18.3 Å². The number of hydrogen-bond acceptors (Lipinski definition) is 6. The van der Waals surface area contributed by atoms with Crippen LogP contribution in [0, 0.1) is 0 Å². The molecule has 1 aromatic carbocycles. The number of aliphatic hydroxyl groups is 1. The molecule has 1 aliphatic carbocycles. The van der Waals surface area contributed by atoms with Crippen LogP contribution in [0.2, 0.25) is 0 Å². The number of nitrogens with zero attached hydrogens (tertiary/aromatic N) is 3. The Morgan fingerprint density at radius 2 is 2.07 bits per heavy atom. The van der Waals surface area contributed by atoms with E-state index in [1.54, 1.807) is 29.2 Å². The monoisotopic (exact) mass is 411 g/mol. The Balaban J connectivity index is 1.72. The molecule has 7 nitrogen and oxygen atoms in total. The van der Waals surface area contributed by atoms with E-state index in [1.807, 2.05) is 31.2 Å². The Hall–Kier alpha value is -2.84. The maximum atomic E-state index is 13.2. The second kappa shape index (κ2) is 6.89. The quantitative estimate of drug-likeness (QED) is 0.774. The van der Waals surface area contributed by atoms with E-state index < -0.39 is 21.5 Å². The van der Waals surface area contributed by atoms with Crippen LogP contribution in [0.1, 0.15) is 29.3 Å². The van der Waals surface area contributed by atoms with Gasteiger partial charge in [0.2, 0.25) is 15.0 Å². The average molecular weight is 411 g/mol. The molecule has 0 bridgehead atoms. The van der Waals surface area contributed by atoms with Crippen LogP contribution in [-0.4, -0.2) is 52.2 Å². The first kappa shape index (κ1) is 19.5. The number of benzene rings is 1. The lowest BCUT2D eigenvalue weighted by atomic mass is 9.84. The summed E-state index contributed by atoms with van der Waals surface area (Å²) < 4.78 is 23.5. The van der Waals surface area contributed by atoms with Gasteiger partial charge in [-0.05, 0) is 24.1 Å². The zero-order valence-corrected chi connectivity index (χ0v) is 16.9. The van der Waals surface area contributed by atoms with Gasteiger partial charge in [-0.2, -0.15) is 0 Å². The zero-order chi connectivity index (χ0) is 20.8. The number of rotatable bonds is 4. The fourth-order valence-corrected chi connectivity index (χ4v) is 4.42. The van der Waals surface area contributed by atoms with Crippen molar-refractivity contribution in [1.82, 2.24) is 14.9 Å². The molecule has 0 radical (unpaired) electrons. The molecule has 1 N–H and O–H groups in total. The van der Waals surface area contributed by atoms with Crippen LogP contribution in [0.4, 0.5) is 0 Å². The van der Waals surface area contributed by atoms with E-state index in [2.05, 4.69) is 9.97 Å². The number of carbonyl (C=O) groups is 1. The van der Waals surface area contributed by atoms with E-state index in [0.29, 0.717) is 29.8 Å². The van der Waals surface area contributed by atoms with Crippen LogP contribution >= 0.6 is 0 Å². The maximum Gasteiger partial charge on any atom is 0.255 e. The fraction of sp³-hybridized carbons (Fsp3) is 0.286. The molecule has 2 aliphatic rings. The molecule has 2 aromatic rings. The second-order valence-corrected chi connectivity index (χ2v) is 9.20. The van der Waals surface area contributed by atoms with Gasteiger partial charge in [0.25, 0.3) is 5.91 Å². The number of sulfone groups is 1. The lowest BCUT2D eigenvalue weighted by molar-refractivity contribution is 0.0192. The van der Waals surface area contributed by atoms with Gasteiger partial charge in [-0.25, -0.2) is 18.4 Å². The summed E-state index contributed by atoms with van der Waals surface area (Å²) in [6.45, 7) is 2.35. The molecule has 2 atom stereocenters. The minimum Gasteiger partial charge on any atom is -0.386 e. The molecule has 0 saturated carbocycles. The van der Waals surface area contributed by atoms with Gasteiger partial charge in [0.1, 0.15) is 0 Å². The fourth-order valence-electron chi connectivity index (χ4n) is 3.90. The highest BCUT2D eigenvalue weighted by molar-refractivity contribution is 7.90. The van der Waals surface area contributed by atoms with Gasteiger partial charge in [-0.1, -0.05) is 43.4 Å². The van der Waals surface area contributed by atoms with Crippen molar-refractivity contribution in [3.63, 3.8) is 0 Å². The molecule has 1 aliphatic heterocycles. The minimum absolute atomic E-state index is 0.167. The van der Waals surface area contributed by atoms with Crippen molar-refractivity contribution < 1.29 is 18.3 Å². The number of amides is 1. The topological polar surface area (TPSA) is 100 Å². The smallest absolute Gasteiger partial charge is 0.255 e. The molecule has 1 aromatic heterocycles. The van der Waals surface area contributed by atoms with E-state index in [1.165, 1.54) is 6.20 Å². The standard InChI is InChI=1S/C21H21N3O4S/c1-3-21(10-5-4-6-18(21)25)24-13-15-8-7-14(12-16(15)19(24)26)17-9-11-22-20(23-17)29(2,27)28/h4-12,18,25H,3,13H2,1-2H3/t18?,21-/m0/s1. The number of aromatic nitrogens is 2. The molecule has 4 rings (SSSR count). The Morgan fingerprint density at radius 1 is 1.28 bits per heavy atom. The summed E-state index contributed by atoms with van der Waals surface area (Å²) in [6, 6.07) is 7.00. The lowest BCUT2D eigenvalue weighted by Crippen LogP contribution is -2.55. The number of aliphatic hydroxyl groups excluding tert-OH is 1. The van der Waals surface area contributed by atoms with E-state index >= 15 is 0 Å². The maximum absolute atomic E-state index is 13.2. The Kier molecular flexibility index (Phi) is 4.63. The summed E-state index contributed by atoms with van der Waals surface area (Å²) in [7, 11) is -3.54. The predicted molar refractivity (Wildman–Crippen MR) is 108 cm³/mol. The van der Waals surface area contributed by atoms with E-state index in [-0.39, 0.29) is 11.1 Å². The molecule has 0 saturated heterocycles. The first-order chi connectivity index (χ1) is 13.8. The molecule has 150 valence electrons. The van der Waals surface area contributed by atoms with Crippen LogP contribution in [0.5, 0.6) is 0 Å². The molecule has 2 heterocycles. The van der Waals surface area contributed by atoms with Crippen molar-refractivity contribution in [2.75, 3.05) is 6.26 Å².